The number of rotatable bonds is 5. The van der Waals surface area contributed by atoms with Gasteiger partial charge in [0.05, 0.1) is 18.7 Å². The molecule has 1 aromatic carbocycles. The fraction of sp³-hybridized carbons (Fsp3) is 0.263. The van der Waals surface area contributed by atoms with Gasteiger partial charge in [-0.3, -0.25) is 9.69 Å². The van der Waals surface area contributed by atoms with Crippen molar-refractivity contribution in [2.75, 3.05) is 19.6 Å². The first-order chi connectivity index (χ1) is 12.4. The maximum absolute atomic E-state index is 12.9. The Bertz CT molecular complexity index is 975. The van der Waals surface area contributed by atoms with Gasteiger partial charge in [0, 0.05) is 29.9 Å². The molecular formula is C19H18F2N4O. The van der Waals surface area contributed by atoms with Crippen LogP contribution < -0.4 is 5.73 Å². The van der Waals surface area contributed by atoms with Crippen LogP contribution in [-0.4, -0.2) is 46.3 Å². The highest BCUT2D eigenvalue weighted by atomic mass is 19.3. The van der Waals surface area contributed by atoms with E-state index in [0.717, 1.165) is 16.7 Å². The highest BCUT2D eigenvalue weighted by Gasteiger charge is 2.43. The van der Waals surface area contributed by atoms with Gasteiger partial charge in [-0.1, -0.05) is 24.3 Å². The molecule has 134 valence electrons. The number of aromatic amines is 1. The molecule has 0 unspecified atom stereocenters. The van der Waals surface area contributed by atoms with Crippen molar-refractivity contribution in [3.05, 3.63) is 53.9 Å². The van der Waals surface area contributed by atoms with Crippen LogP contribution in [0.1, 0.15) is 15.9 Å². The van der Waals surface area contributed by atoms with Crippen LogP contribution in [0.2, 0.25) is 0 Å². The predicted molar refractivity (Wildman–Crippen MR) is 95.1 cm³/mol. The molecule has 1 aliphatic rings. The molecular weight excluding hydrogens is 338 g/mol. The number of aromatic nitrogens is 2. The number of primary amides is 1. The van der Waals surface area contributed by atoms with E-state index in [0.29, 0.717) is 29.6 Å². The van der Waals surface area contributed by atoms with Crippen LogP contribution in [0.5, 0.6) is 0 Å². The zero-order valence-electron chi connectivity index (χ0n) is 14.0. The fourth-order valence-corrected chi connectivity index (χ4v) is 3.32. The van der Waals surface area contributed by atoms with Gasteiger partial charge in [-0.25, -0.2) is 13.8 Å². The number of alkyl halides is 2. The van der Waals surface area contributed by atoms with Gasteiger partial charge in [-0.15, -0.1) is 0 Å². The first kappa shape index (κ1) is 16.7. The quantitative estimate of drug-likeness (QED) is 0.738. The average Bonchev–Trinajstić information content (AvgIpc) is 3.01. The summed E-state index contributed by atoms with van der Waals surface area (Å²) in [5.74, 6) is -3.03. The normalized spacial score (nSPS) is 16.5. The van der Waals surface area contributed by atoms with E-state index in [1.54, 1.807) is 17.3 Å². The van der Waals surface area contributed by atoms with Crippen molar-refractivity contribution in [1.29, 1.82) is 0 Å². The van der Waals surface area contributed by atoms with Gasteiger partial charge >= 0.3 is 0 Å². The van der Waals surface area contributed by atoms with E-state index in [4.69, 9.17) is 5.73 Å². The molecule has 1 saturated heterocycles. The molecule has 4 rings (SSSR count). The summed E-state index contributed by atoms with van der Waals surface area (Å²) in [6.07, 6.45) is 4.00. The standard InChI is InChI=1S/C19H18F2N4O/c20-19(21)10-25(11-19)5-4-12-2-1-3-13(6-12)14-7-15-16(17(22)26)9-24-18(15)23-8-14/h1-3,6-9H,4-5,10-11H2,(H2,22,26)(H,23,24). The molecule has 3 heterocycles. The molecule has 0 aliphatic carbocycles. The van der Waals surface area contributed by atoms with Gasteiger partial charge in [0.25, 0.3) is 11.8 Å². The molecule has 7 heteroatoms. The molecule has 1 fully saturated rings. The van der Waals surface area contributed by atoms with Gasteiger partial charge in [0.15, 0.2) is 0 Å². The van der Waals surface area contributed by atoms with Crippen molar-refractivity contribution >= 4 is 16.9 Å². The largest absolute Gasteiger partial charge is 0.366 e. The highest BCUT2D eigenvalue weighted by molar-refractivity contribution is 6.05. The summed E-state index contributed by atoms with van der Waals surface area (Å²) >= 11 is 0. The van der Waals surface area contributed by atoms with Crippen LogP contribution in [0.15, 0.2) is 42.7 Å². The summed E-state index contributed by atoms with van der Waals surface area (Å²) in [5.41, 5.74) is 9.32. The van der Waals surface area contributed by atoms with Crippen molar-refractivity contribution in [3.63, 3.8) is 0 Å². The molecule has 26 heavy (non-hydrogen) atoms. The van der Waals surface area contributed by atoms with E-state index in [-0.39, 0.29) is 13.1 Å². The summed E-state index contributed by atoms with van der Waals surface area (Å²) < 4.78 is 25.8. The Balaban J connectivity index is 1.55. The summed E-state index contributed by atoms with van der Waals surface area (Å²) in [5, 5.41) is 0.684. The number of pyridine rings is 1. The van der Waals surface area contributed by atoms with E-state index in [1.807, 2.05) is 30.3 Å². The van der Waals surface area contributed by atoms with Crippen molar-refractivity contribution in [2.24, 2.45) is 5.73 Å². The Kier molecular flexibility index (Phi) is 3.96. The van der Waals surface area contributed by atoms with Crippen LogP contribution in [0.25, 0.3) is 22.2 Å². The molecule has 0 saturated carbocycles. The van der Waals surface area contributed by atoms with E-state index in [9.17, 15) is 13.6 Å². The molecule has 1 amide bonds. The number of benzene rings is 1. The van der Waals surface area contributed by atoms with Crippen molar-refractivity contribution in [3.8, 4) is 11.1 Å². The summed E-state index contributed by atoms with van der Waals surface area (Å²) in [6.45, 7) is 0.299. The SMILES string of the molecule is NC(=O)c1c[nH]c2ncc(-c3cccc(CCN4CC(F)(F)C4)c3)cc12. The van der Waals surface area contributed by atoms with Gasteiger partial charge in [-0.05, 0) is 23.6 Å². The Morgan fingerprint density at radius 1 is 1.27 bits per heavy atom. The fourth-order valence-electron chi connectivity index (χ4n) is 3.32. The molecule has 2 aromatic heterocycles. The molecule has 0 radical (unpaired) electrons. The monoisotopic (exact) mass is 356 g/mol. The molecule has 0 atom stereocenters. The maximum Gasteiger partial charge on any atom is 0.272 e. The molecule has 3 N–H and O–H groups in total. The average molecular weight is 356 g/mol. The van der Waals surface area contributed by atoms with E-state index in [1.165, 1.54) is 0 Å². The minimum atomic E-state index is -2.53. The third kappa shape index (κ3) is 3.17. The third-order valence-electron chi connectivity index (χ3n) is 4.68. The van der Waals surface area contributed by atoms with Gasteiger partial charge in [-0.2, -0.15) is 0 Å². The van der Waals surface area contributed by atoms with Crippen molar-refractivity contribution in [2.45, 2.75) is 12.3 Å². The Hall–Kier alpha value is -2.80. The zero-order valence-corrected chi connectivity index (χ0v) is 14.0. The second-order valence-electron chi connectivity index (χ2n) is 6.70. The number of hydrogen-bond acceptors (Lipinski definition) is 3. The number of nitrogens with one attached hydrogen (secondary N) is 1. The number of H-pyrrole nitrogens is 1. The van der Waals surface area contributed by atoms with Gasteiger partial charge in [0.2, 0.25) is 0 Å². The second kappa shape index (κ2) is 6.17. The summed E-state index contributed by atoms with van der Waals surface area (Å²) in [4.78, 5) is 20.6. The van der Waals surface area contributed by atoms with Crippen molar-refractivity contribution in [1.82, 2.24) is 14.9 Å². The van der Waals surface area contributed by atoms with Crippen LogP contribution in [0.4, 0.5) is 8.78 Å². The minimum Gasteiger partial charge on any atom is -0.366 e. The maximum atomic E-state index is 12.9. The number of nitrogens with zero attached hydrogens (tertiary/aromatic N) is 2. The Morgan fingerprint density at radius 2 is 2.08 bits per heavy atom. The highest BCUT2D eigenvalue weighted by Crippen LogP contribution is 2.28. The lowest BCUT2D eigenvalue weighted by atomic mass is 10.0. The first-order valence-corrected chi connectivity index (χ1v) is 8.38. The molecule has 0 bridgehead atoms. The number of carbonyl (C=O) groups excluding carboxylic acids is 1. The number of likely N-dealkylation sites (tertiary alicyclic amines) is 1. The van der Waals surface area contributed by atoms with Crippen LogP contribution in [-0.2, 0) is 6.42 Å². The lowest BCUT2D eigenvalue weighted by Crippen LogP contribution is -2.56. The van der Waals surface area contributed by atoms with E-state index in [2.05, 4.69) is 9.97 Å². The molecule has 5 nitrogen and oxygen atoms in total. The Labute approximate surface area is 148 Å². The molecule has 3 aromatic rings. The summed E-state index contributed by atoms with van der Waals surface area (Å²) in [6, 6.07) is 9.79. The smallest absolute Gasteiger partial charge is 0.272 e. The topological polar surface area (TPSA) is 75.0 Å². The second-order valence-corrected chi connectivity index (χ2v) is 6.70. The van der Waals surface area contributed by atoms with E-state index >= 15 is 0 Å². The lowest BCUT2D eigenvalue weighted by molar-refractivity contribution is -0.129. The third-order valence-corrected chi connectivity index (χ3v) is 4.68. The molecule has 0 spiro atoms. The Morgan fingerprint density at radius 3 is 2.81 bits per heavy atom. The number of amides is 1. The van der Waals surface area contributed by atoms with Crippen molar-refractivity contribution < 1.29 is 13.6 Å². The lowest BCUT2D eigenvalue weighted by Gasteiger charge is -2.38. The predicted octanol–water partition coefficient (Wildman–Crippen LogP) is 2.82. The molecule has 1 aliphatic heterocycles. The minimum absolute atomic E-state index is 0.156. The number of nitrogens with two attached hydrogens (primary N) is 1. The number of halogens is 2. The van der Waals surface area contributed by atoms with Crippen LogP contribution in [0, 0.1) is 0 Å². The number of fused-ring (bicyclic) bond motifs is 1. The van der Waals surface area contributed by atoms with Crippen LogP contribution >= 0.6 is 0 Å². The van der Waals surface area contributed by atoms with E-state index < -0.39 is 11.8 Å². The number of hydrogen-bond donors (Lipinski definition) is 2. The summed E-state index contributed by atoms with van der Waals surface area (Å²) in [7, 11) is 0. The zero-order chi connectivity index (χ0) is 18.3. The van der Waals surface area contributed by atoms with Crippen LogP contribution in [0.3, 0.4) is 0 Å². The van der Waals surface area contributed by atoms with Gasteiger partial charge < -0.3 is 10.7 Å². The number of carbonyl (C=O) groups is 1. The van der Waals surface area contributed by atoms with Gasteiger partial charge in [0.1, 0.15) is 5.65 Å². The first-order valence-electron chi connectivity index (χ1n) is 8.38.